The molecule has 0 N–H and O–H groups in total. The molecule has 108 valence electrons. The van der Waals surface area contributed by atoms with Gasteiger partial charge >= 0.3 is 0 Å². The molecule has 4 rings (SSSR count). The quantitative estimate of drug-likeness (QED) is 0.536. The van der Waals surface area contributed by atoms with E-state index in [1.165, 1.54) is 18.2 Å². The Balaban J connectivity index is 2.03. The average molecular weight is 315 g/mol. The van der Waals surface area contributed by atoms with E-state index in [0.29, 0.717) is 27.2 Å². The summed E-state index contributed by atoms with van der Waals surface area (Å²) in [5, 5.41) is 5.39. The van der Waals surface area contributed by atoms with E-state index in [9.17, 15) is 9.18 Å². The molecular formula is C16H8ClFN2O2. The molecule has 0 bridgehead atoms. The van der Waals surface area contributed by atoms with Gasteiger partial charge in [-0.2, -0.15) is 4.68 Å². The lowest BCUT2D eigenvalue weighted by Crippen LogP contribution is -2.14. The van der Waals surface area contributed by atoms with Crippen molar-refractivity contribution in [2.45, 2.75) is 0 Å². The third kappa shape index (κ3) is 1.98. The van der Waals surface area contributed by atoms with Crippen molar-refractivity contribution in [3.63, 3.8) is 0 Å². The van der Waals surface area contributed by atoms with Gasteiger partial charge in [-0.25, -0.2) is 4.39 Å². The summed E-state index contributed by atoms with van der Waals surface area (Å²) in [6.07, 6.45) is 0. The highest BCUT2D eigenvalue weighted by Crippen LogP contribution is 2.27. The average Bonchev–Trinajstić information content (AvgIpc) is 2.82. The Hall–Kier alpha value is -2.66. The zero-order chi connectivity index (χ0) is 15.3. The van der Waals surface area contributed by atoms with E-state index >= 15 is 0 Å². The van der Waals surface area contributed by atoms with Crippen LogP contribution in [0.4, 0.5) is 4.39 Å². The monoisotopic (exact) mass is 314 g/mol. The van der Waals surface area contributed by atoms with Gasteiger partial charge in [0.1, 0.15) is 17.0 Å². The SMILES string of the molecule is O=c1c2cc3cc(Cl)ccc3oc-2nn1-c1cccc(F)c1. The molecule has 0 unspecified atom stereocenters. The Morgan fingerprint density at radius 3 is 2.82 bits per heavy atom. The smallest absolute Gasteiger partial charge is 0.284 e. The summed E-state index contributed by atoms with van der Waals surface area (Å²) < 4.78 is 20.1. The van der Waals surface area contributed by atoms with Gasteiger partial charge in [0, 0.05) is 10.4 Å². The molecular weight excluding hydrogens is 307 g/mol. The van der Waals surface area contributed by atoms with Gasteiger partial charge in [-0.15, -0.1) is 5.10 Å². The Labute approximate surface area is 128 Å². The maximum Gasteiger partial charge on any atom is 0.284 e. The maximum atomic E-state index is 13.3. The molecule has 0 amide bonds. The van der Waals surface area contributed by atoms with Crippen molar-refractivity contribution in [2.75, 3.05) is 0 Å². The summed E-state index contributed by atoms with van der Waals surface area (Å²) in [6, 6.07) is 12.5. The van der Waals surface area contributed by atoms with Gasteiger partial charge in [-0.05, 0) is 42.5 Å². The lowest BCUT2D eigenvalue weighted by molar-refractivity contribution is 0.589. The van der Waals surface area contributed by atoms with Crippen molar-refractivity contribution >= 4 is 22.6 Å². The number of benzene rings is 2. The number of halogens is 2. The molecule has 0 radical (unpaired) electrons. The van der Waals surface area contributed by atoms with Crippen LogP contribution in [0.25, 0.3) is 28.1 Å². The van der Waals surface area contributed by atoms with Crippen LogP contribution in [0, 0.1) is 5.82 Å². The number of rotatable bonds is 1. The molecule has 2 aliphatic rings. The van der Waals surface area contributed by atoms with Gasteiger partial charge in [0.25, 0.3) is 5.56 Å². The molecule has 2 aliphatic heterocycles. The minimum atomic E-state index is -0.440. The van der Waals surface area contributed by atoms with Gasteiger partial charge in [0.15, 0.2) is 0 Å². The fourth-order valence-electron chi connectivity index (χ4n) is 2.36. The maximum absolute atomic E-state index is 13.3. The zero-order valence-corrected chi connectivity index (χ0v) is 11.8. The molecule has 0 fully saturated rings. The summed E-state index contributed by atoms with van der Waals surface area (Å²) in [7, 11) is 0. The van der Waals surface area contributed by atoms with Gasteiger partial charge in [-0.3, -0.25) is 4.79 Å². The first-order valence-electron chi connectivity index (χ1n) is 6.50. The highest BCUT2D eigenvalue weighted by molar-refractivity contribution is 6.31. The second kappa shape index (κ2) is 4.68. The lowest BCUT2D eigenvalue weighted by Gasteiger charge is -2.00. The summed E-state index contributed by atoms with van der Waals surface area (Å²) in [5.74, 6) is -0.241. The third-order valence-electron chi connectivity index (χ3n) is 3.38. The zero-order valence-electron chi connectivity index (χ0n) is 11.1. The minimum absolute atomic E-state index is 0.198. The summed E-state index contributed by atoms with van der Waals surface area (Å²) >= 11 is 5.95. The number of nitrogens with zero attached hydrogens (tertiary/aromatic N) is 2. The predicted molar refractivity (Wildman–Crippen MR) is 81.2 cm³/mol. The van der Waals surface area contributed by atoms with Crippen molar-refractivity contribution in [3.05, 3.63) is 69.7 Å². The van der Waals surface area contributed by atoms with Crippen LogP contribution in [-0.4, -0.2) is 9.78 Å². The molecule has 0 atom stereocenters. The normalized spacial score (nSPS) is 11.4. The van der Waals surface area contributed by atoms with E-state index in [-0.39, 0.29) is 11.4 Å². The number of aromatic nitrogens is 2. The van der Waals surface area contributed by atoms with Crippen LogP contribution >= 0.6 is 11.6 Å². The highest BCUT2D eigenvalue weighted by atomic mass is 35.5. The van der Waals surface area contributed by atoms with Gasteiger partial charge < -0.3 is 4.42 Å². The first kappa shape index (κ1) is 13.0. The molecule has 22 heavy (non-hydrogen) atoms. The molecule has 0 aliphatic carbocycles. The lowest BCUT2D eigenvalue weighted by atomic mass is 10.2. The minimum Gasteiger partial charge on any atom is -0.436 e. The van der Waals surface area contributed by atoms with Gasteiger partial charge in [0.05, 0.1) is 5.69 Å². The van der Waals surface area contributed by atoms with Gasteiger partial charge in [-0.1, -0.05) is 17.7 Å². The molecule has 0 spiro atoms. The van der Waals surface area contributed by atoms with Crippen LogP contribution in [0.1, 0.15) is 0 Å². The Kier molecular flexibility index (Phi) is 2.77. The van der Waals surface area contributed by atoms with E-state index in [1.54, 1.807) is 30.3 Å². The third-order valence-corrected chi connectivity index (χ3v) is 3.61. The van der Waals surface area contributed by atoms with Crippen molar-refractivity contribution in [2.24, 2.45) is 0 Å². The first-order chi connectivity index (χ1) is 10.6. The number of hydrogen-bond acceptors (Lipinski definition) is 3. The molecule has 0 saturated heterocycles. The second-order valence-corrected chi connectivity index (χ2v) is 5.28. The van der Waals surface area contributed by atoms with Crippen LogP contribution in [0.5, 0.6) is 0 Å². The van der Waals surface area contributed by atoms with E-state index in [4.69, 9.17) is 16.0 Å². The number of fused-ring (bicyclic) bond motifs is 2. The van der Waals surface area contributed by atoms with Crippen LogP contribution in [0.15, 0.2) is 57.7 Å². The first-order valence-corrected chi connectivity index (χ1v) is 6.88. The molecule has 2 heterocycles. The highest BCUT2D eigenvalue weighted by Gasteiger charge is 2.19. The molecule has 0 saturated carbocycles. The van der Waals surface area contributed by atoms with E-state index in [0.717, 1.165) is 4.68 Å². The van der Waals surface area contributed by atoms with Crippen LogP contribution in [0.2, 0.25) is 5.02 Å². The van der Waals surface area contributed by atoms with Crippen molar-refractivity contribution in [1.82, 2.24) is 9.78 Å². The molecule has 6 heteroatoms. The Morgan fingerprint density at radius 1 is 1.14 bits per heavy atom. The van der Waals surface area contributed by atoms with E-state index < -0.39 is 5.82 Å². The number of hydrogen-bond donors (Lipinski definition) is 0. The molecule has 2 aromatic carbocycles. The predicted octanol–water partition coefficient (Wildman–Crippen LogP) is 3.88. The van der Waals surface area contributed by atoms with Crippen molar-refractivity contribution in [1.29, 1.82) is 0 Å². The van der Waals surface area contributed by atoms with Crippen molar-refractivity contribution < 1.29 is 8.81 Å². The standard InChI is InChI=1S/C16H8ClFN2O2/c17-10-4-5-14-9(6-10)7-13-15(22-14)19-20(16(13)21)12-3-1-2-11(18)8-12/h1-8H. The molecule has 2 aromatic rings. The largest absolute Gasteiger partial charge is 0.436 e. The summed E-state index contributed by atoms with van der Waals surface area (Å²) in [6.45, 7) is 0. The van der Waals surface area contributed by atoms with Crippen LogP contribution in [0.3, 0.4) is 0 Å². The van der Waals surface area contributed by atoms with Gasteiger partial charge in [0.2, 0.25) is 5.89 Å². The summed E-state index contributed by atoms with van der Waals surface area (Å²) in [5.41, 5.74) is 0.865. The summed E-state index contributed by atoms with van der Waals surface area (Å²) in [4.78, 5) is 12.5. The van der Waals surface area contributed by atoms with E-state index in [1.807, 2.05) is 0 Å². The fraction of sp³-hybridized carbons (Fsp3) is 0. The molecule has 0 aromatic heterocycles. The molecule has 4 nitrogen and oxygen atoms in total. The van der Waals surface area contributed by atoms with Crippen LogP contribution < -0.4 is 5.56 Å². The Morgan fingerprint density at radius 2 is 2.00 bits per heavy atom. The topological polar surface area (TPSA) is 48.0 Å². The second-order valence-electron chi connectivity index (χ2n) is 4.84. The van der Waals surface area contributed by atoms with E-state index in [2.05, 4.69) is 5.10 Å². The fourth-order valence-corrected chi connectivity index (χ4v) is 2.54. The van der Waals surface area contributed by atoms with Crippen LogP contribution in [-0.2, 0) is 0 Å². The Bertz CT molecular complexity index is 1040. The van der Waals surface area contributed by atoms with Crippen molar-refractivity contribution in [3.8, 4) is 17.1 Å².